The molecule has 0 heterocycles. The van der Waals surface area contributed by atoms with Gasteiger partial charge in [0.2, 0.25) is 0 Å². The maximum Gasteiger partial charge on any atom is 0.321 e. The third-order valence-electron chi connectivity index (χ3n) is 2.29. The monoisotopic (exact) mass is 233 g/mol. The van der Waals surface area contributed by atoms with E-state index in [0.717, 1.165) is 17.7 Å². The van der Waals surface area contributed by atoms with E-state index in [1.807, 2.05) is 6.92 Å². The van der Waals surface area contributed by atoms with E-state index in [0.29, 0.717) is 6.61 Å². The number of hydrogen-bond acceptors (Lipinski definition) is 3. The Morgan fingerprint density at radius 2 is 2.12 bits per heavy atom. The van der Waals surface area contributed by atoms with E-state index in [1.165, 1.54) is 0 Å². The second-order valence-corrected chi connectivity index (χ2v) is 3.72. The summed E-state index contributed by atoms with van der Waals surface area (Å²) in [7, 11) is 0. The van der Waals surface area contributed by atoms with E-state index in [4.69, 9.17) is 15.1 Å². The molecule has 1 aromatic carbocycles. The molecule has 1 aromatic rings. The molecule has 4 nitrogen and oxygen atoms in total. The van der Waals surface area contributed by atoms with E-state index in [2.05, 4.69) is 0 Å². The van der Waals surface area contributed by atoms with Crippen LogP contribution in [-0.4, -0.2) is 17.7 Å². The van der Waals surface area contributed by atoms with Gasteiger partial charge in [0.05, 0.1) is 12.7 Å². The predicted molar refractivity (Wildman–Crippen MR) is 62.7 cm³/mol. The Morgan fingerprint density at radius 1 is 1.47 bits per heavy atom. The minimum absolute atomic E-state index is 0.222. The van der Waals surface area contributed by atoms with Crippen molar-refractivity contribution in [3.05, 3.63) is 29.8 Å². The van der Waals surface area contributed by atoms with Crippen LogP contribution >= 0.6 is 0 Å². The molecule has 90 valence electrons. The predicted octanol–water partition coefficient (Wildman–Crippen LogP) is 2.24. The molecule has 1 unspecified atom stereocenters. The largest absolute Gasteiger partial charge is 0.494 e. The summed E-state index contributed by atoms with van der Waals surface area (Å²) >= 11 is 0. The zero-order chi connectivity index (χ0) is 12.7. The van der Waals surface area contributed by atoms with Crippen LogP contribution in [0.5, 0.6) is 5.75 Å². The number of benzene rings is 1. The lowest BCUT2D eigenvalue weighted by Gasteiger charge is -2.07. The number of hydrogen-bond donors (Lipinski definition) is 1. The molecule has 0 aromatic heterocycles. The molecule has 0 bridgehead atoms. The summed E-state index contributed by atoms with van der Waals surface area (Å²) in [4.78, 5) is 10.7. The Bertz CT molecular complexity index is 406. The lowest BCUT2D eigenvalue weighted by Crippen LogP contribution is -2.14. The van der Waals surface area contributed by atoms with Gasteiger partial charge in [0.25, 0.3) is 0 Å². The summed E-state index contributed by atoms with van der Waals surface area (Å²) in [6.07, 6.45) is 1.16. The molecule has 4 heteroatoms. The Hall–Kier alpha value is -2.02. The van der Waals surface area contributed by atoms with E-state index >= 15 is 0 Å². The molecular formula is C13H15NO3. The van der Waals surface area contributed by atoms with Crippen molar-refractivity contribution in [1.29, 1.82) is 5.26 Å². The molecule has 1 N–H and O–H groups in total. The maximum absolute atomic E-state index is 10.7. The summed E-state index contributed by atoms with van der Waals surface area (Å²) in [5.74, 6) is -1.31. The molecule has 1 rings (SSSR count). The Balaban J connectivity index is 2.62. The van der Waals surface area contributed by atoms with Crippen LogP contribution in [0.2, 0.25) is 0 Å². The van der Waals surface area contributed by atoms with Crippen LogP contribution in [0.1, 0.15) is 18.9 Å². The van der Waals surface area contributed by atoms with E-state index in [9.17, 15) is 4.79 Å². The van der Waals surface area contributed by atoms with Gasteiger partial charge < -0.3 is 9.84 Å². The molecule has 0 aliphatic heterocycles. The van der Waals surface area contributed by atoms with E-state index in [1.54, 1.807) is 30.3 Å². The molecule has 17 heavy (non-hydrogen) atoms. The second-order valence-electron chi connectivity index (χ2n) is 3.72. The standard InChI is InChI=1S/C13H15NO3/c1-2-7-17-12-5-3-10(4-6-12)8-11(9-14)13(15)16/h3-6,11H,2,7-8H2,1H3,(H,15,16). The highest BCUT2D eigenvalue weighted by Crippen LogP contribution is 2.15. The Kier molecular flexibility index (Phi) is 5.02. The molecule has 0 radical (unpaired) electrons. The molecule has 0 saturated carbocycles. The molecule has 0 aliphatic carbocycles. The van der Waals surface area contributed by atoms with Crippen LogP contribution in [0.4, 0.5) is 0 Å². The van der Waals surface area contributed by atoms with Gasteiger partial charge in [-0.1, -0.05) is 19.1 Å². The van der Waals surface area contributed by atoms with Crippen LogP contribution in [0.15, 0.2) is 24.3 Å². The fraction of sp³-hybridized carbons (Fsp3) is 0.385. The number of carbonyl (C=O) groups is 1. The molecule has 0 amide bonds. The van der Waals surface area contributed by atoms with E-state index < -0.39 is 11.9 Å². The molecule has 0 spiro atoms. The number of nitrogens with zero attached hydrogens (tertiary/aromatic N) is 1. The highest BCUT2D eigenvalue weighted by Gasteiger charge is 2.16. The SMILES string of the molecule is CCCOc1ccc(CC(C#N)C(=O)O)cc1. The minimum Gasteiger partial charge on any atom is -0.494 e. The fourth-order valence-electron chi connectivity index (χ4n) is 1.37. The van der Waals surface area contributed by atoms with Crippen molar-refractivity contribution in [2.45, 2.75) is 19.8 Å². The molecule has 1 atom stereocenters. The first-order chi connectivity index (χ1) is 8.17. The average Bonchev–Trinajstić information content (AvgIpc) is 2.34. The highest BCUT2D eigenvalue weighted by molar-refractivity contribution is 5.73. The Labute approximate surface area is 100 Å². The summed E-state index contributed by atoms with van der Waals surface area (Å²) < 4.78 is 5.41. The number of aliphatic carboxylic acids is 1. The third-order valence-corrected chi connectivity index (χ3v) is 2.29. The lowest BCUT2D eigenvalue weighted by atomic mass is 10.0. The average molecular weight is 233 g/mol. The van der Waals surface area contributed by atoms with Crippen molar-refractivity contribution in [2.75, 3.05) is 6.61 Å². The van der Waals surface area contributed by atoms with Crippen LogP contribution < -0.4 is 4.74 Å². The smallest absolute Gasteiger partial charge is 0.321 e. The normalized spacial score (nSPS) is 11.5. The van der Waals surface area contributed by atoms with Gasteiger partial charge in [-0.2, -0.15) is 5.26 Å². The van der Waals surface area contributed by atoms with Crippen molar-refractivity contribution < 1.29 is 14.6 Å². The van der Waals surface area contributed by atoms with Gasteiger partial charge in [-0.3, -0.25) is 4.79 Å². The highest BCUT2D eigenvalue weighted by atomic mass is 16.5. The van der Waals surface area contributed by atoms with Crippen molar-refractivity contribution >= 4 is 5.97 Å². The Morgan fingerprint density at radius 3 is 2.59 bits per heavy atom. The van der Waals surface area contributed by atoms with E-state index in [-0.39, 0.29) is 6.42 Å². The topological polar surface area (TPSA) is 70.3 Å². The van der Waals surface area contributed by atoms with Crippen molar-refractivity contribution in [3.8, 4) is 11.8 Å². The summed E-state index contributed by atoms with van der Waals surface area (Å²) in [5.41, 5.74) is 0.822. The van der Waals surface area contributed by atoms with Gasteiger partial charge in [0.15, 0.2) is 0 Å². The number of nitriles is 1. The van der Waals surface area contributed by atoms with Gasteiger partial charge in [0, 0.05) is 0 Å². The number of carboxylic acids is 1. The van der Waals surface area contributed by atoms with Crippen LogP contribution in [-0.2, 0) is 11.2 Å². The summed E-state index contributed by atoms with van der Waals surface area (Å²) in [6, 6.07) is 8.93. The quantitative estimate of drug-likeness (QED) is 0.818. The zero-order valence-electron chi connectivity index (χ0n) is 9.72. The van der Waals surface area contributed by atoms with Crippen LogP contribution in [0.3, 0.4) is 0 Å². The molecule has 0 saturated heterocycles. The number of carboxylic acid groups (broad SMARTS) is 1. The molecule has 0 fully saturated rings. The van der Waals surface area contributed by atoms with Gasteiger partial charge in [-0.25, -0.2) is 0 Å². The first-order valence-electron chi connectivity index (χ1n) is 5.51. The van der Waals surface area contributed by atoms with Crippen molar-refractivity contribution in [3.63, 3.8) is 0 Å². The van der Waals surface area contributed by atoms with Crippen molar-refractivity contribution in [2.24, 2.45) is 5.92 Å². The maximum atomic E-state index is 10.7. The van der Waals surface area contributed by atoms with Gasteiger partial charge >= 0.3 is 5.97 Å². The number of rotatable bonds is 6. The van der Waals surface area contributed by atoms with Crippen LogP contribution in [0.25, 0.3) is 0 Å². The van der Waals surface area contributed by atoms with Crippen molar-refractivity contribution in [1.82, 2.24) is 0 Å². The van der Waals surface area contributed by atoms with Gasteiger partial charge in [-0.15, -0.1) is 0 Å². The number of ether oxygens (including phenoxy) is 1. The second kappa shape index (κ2) is 6.54. The minimum atomic E-state index is -1.08. The molecule has 0 aliphatic rings. The zero-order valence-corrected chi connectivity index (χ0v) is 9.72. The van der Waals surface area contributed by atoms with Gasteiger partial charge in [0.1, 0.15) is 11.7 Å². The van der Waals surface area contributed by atoms with Crippen LogP contribution in [0, 0.1) is 17.2 Å². The lowest BCUT2D eigenvalue weighted by molar-refractivity contribution is -0.139. The summed E-state index contributed by atoms with van der Waals surface area (Å²) in [6.45, 7) is 2.69. The van der Waals surface area contributed by atoms with Gasteiger partial charge in [-0.05, 0) is 30.5 Å². The fourth-order valence-corrected chi connectivity index (χ4v) is 1.37. The molecular weight excluding hydrogens is 218 g/mol. The first kappa shape index (κ1) is 13.0. The summed E-state index contributed by atoms with van der Waals surface area (Å²) in [5, 5.41) is 17.4. The first-order valence-corrected chi connectivity index (χ1v) is 5.51. The third kappa shape index (κ3) is 4.15.